The Hall–Kier alpha value is -2.29. The monoisotopic (exact) mass is 336 g/mol. The summed E-state index contributed by atoms with van der Waals surface area (Å²) in [4.78, 5) is 6.65. The van der Waals surface area contributed by atoms with Crippen LogP contribution in [0.1, 0.15) is 42.0 Å². The lowest BCUT2D eigenvalue weighted by atomic mass is 9.92. The van der Waals surface area contributed by atoms with E-state index < -0.39 is 0 Å². The average molecular weight is 336 g/mol. The van der Waals surface area contributed by atoms with Crippen LogP contribution in [-0.2, 0) is 12.8 Å². The fraction of sp³-hybridized carbons (Fsp3) is 0.409. The number of rotatable bonds is 5. The maximum atomic E-state index is 6.20. The number of hydrogen-bond donors (Lipinski definition) is 0. The molecule has 0 saturated heterocycles. The molecule has 0 unspecified atom stereocenters. The predicted octanol–water partition coefficient (Wildman–Crippen LogP) is 5.59. The molecule has 0 aromatic heterocycles. The molecule has 3 rings (SSSR count). The van der Waals surface area contributed by atoms with Crippen LogP contribution in [0.25, 0.3) is 0 Å². The number of ether oxygens (including phenoxy) is 1. The Morgan fingerprint density at radius 2 is 1.80 bits per heavy atom. The van der Waals surface area contributed by atoms with Crippen molar-refractivity contribution >= 4 is 12.0 Å². The molecule has 2 aromatic carbocycles. The van der Waals surface area contributed by atoms with E-state index in [1.54, 1.807) is 0 Å². The van der Waals surface area contributed by atoms with Crippen molar-refractivity contribution in [2.45, 2.75) is 46.5 Å². The molecule has 0 spiro atoms. The molecule has 2 aromatic rings. The molecule has 0 fully saturated rings. The fourth-order valence-corrected chi connectivity index (χ4v) is 3.17. The van der Waals surface area contributed by atoms with Crippen LogP contribution in [0.3, 0.4) is 0 Å². The zero-order chi connectivity index (χ0) is 17.8. The first-order chi connectivity index (χ1) is 12.1. The highest BCUT2D eigenvalue weighted by Gasteiger charge is 2.11. The summed E-state index contributed by atoms with van der Waals surface area (Å²) in [5.74, 6) is 1.85. The summed E-state index contributed by atoms with van der Waals surface area (Å²) in [6.07, 6.45) is 6.84. The normalized spacial score (nSPS) is 13.8. The van der Waals surface area contributed by atoms with Crippen molar-refractivity contribution < 1.29 is 4.74 Å². The lowest BCUT2D eigenvalue weighted by Crippen LogP contribution is -2.14. The van der Waals surface area contributed by atoms with Gasteiger partial charge in [-0.2, -0.15) is 0 Å². The zero-order valence-corrected chi connectivity index (χ0v) is 15.8. The van der Waals surface area contributed by atoms with Gasteiger partial charge in [-0.3, -0.25) is 0 Å². The summed E-state index contributed by atoms with van der Waals surface area (Å²) < 4.78 is 6.20. The molecule has 1 aliphatic rings. The SMILES string of the molecule is CCN(C)C=Nc1cc(C)c(Oc2ccc3c(c2)CCCC3)cc1C. The third-order valence-electron chi connectivity index (χ3n) is 4.93. The third kappa shape index (κ3) is 4.22. The molecule has 25 heavy (non-hydrogen) atoms. The van der Waals surface area contributed by atoms with Gasteiger partial charge < -0.3 is 9.64 Å². The van der Waals surface area contributed by atoms with E-state index in [0.29, 0.717) is 0 Å². The number of aryl methyl sites for hydroxylation is 4. The fourth-order valence-electron chi connectivity index (χ4n) is 3.17. The standard InChI is InChI=1S/C22H28N2O/c1-5-24(4)15-23-21-12-17(3)22(13-16(21)2)25-20-11-10-18-8-6-7-9-19(18)14-20/h10-15H,5-9H2,1-4H3. The van der Waals surface area contributed by atoms with Gasteiger partial charge >= 0.3 is 0 Å². The Bertz CT molecular complexity index is 780. The first-order valence-corrected chi connectivity index (χ1v) is 9.22. The third-order valence-corrected chi connectivity index (χ3v) is 4.93. The van der Waals surface area contributed by atoms with Crippen LogP contribution in [0.5, 0.6) is 11.5 Å². The number of fused-ring (bicyclic) bond motifs is 1. The molecule has 0 radical (unpaired) electrons. The molecule has 0 saturated carbocycles. The molecule has 3 nitrogen and oxygen atoms in total. The minimum atomic E-state index is 0.913. The highest BCUT2D eigenvalue weighted by atomic mass is 16.5. The minimum Gasteiger partial charge on any atom is -0.457 e. The summed E-state index contributed by atoms with van der Waals surface area (Å²) in [5, 5.41) is 0. The van der Waals surface area contributed by atoms with Crippen molar-refractivity contribution in [1.29, 1.82) is 0 Å². The number of hydrogen-bond acceptors (Lipinski definition) is 2. The van der Waals surface area contributed by atoms with E-state index in [1.807, 2.05) is 13.4 Å². The maximum absolute atomic E-state index is 6.20. The second-order valence-corrected chi connectivity index (χ2v) is 6.96. The van der Waals surface area contributed by atoms with Gasteiger partial charge in [0, 0.05) is 13.6 Å². The molecule has 0 amide bonds. The number of benzene rings is 2. The van der Waals surface area contributed by atoms with E-state index in [0.717, 1.165) is 34.9 Å². The van der Waals surface area contributed by atoms with Gasteiger partial charge in [-0.25, -0.2) is 4.99 Å². The van der Waals surface area contributed by atoms with E-state index >= 15 is 0 Å². The lowest BCUT2D eigenvalue weighted by Gasteiger charge is -2.17. The van der Waals surface area contributed by atoms with Crippen LogP contribution in [0.4, 0.5) is 5.69 Å². The number of aliphatic imine (C=N–C) groups is 1. The van der Waals surface area contributed by atoms with Crippen LogP contribution in [0.15, 0.2) is 35.3 Å². The topological polar surface area (TPSA) is 24.8 Å². The molecular formula is C22H28N2O. The van der Waals surface area contributed by atoms with Crippen molar-refractivity contribution in [2.24, 2.45) is 4.99 Å². The van der Waals surface area contributed by atoms with Gasteiger partial charge in [0.25, 0.3) is 0 Å². The highest BCUT2D eigenvalue weighted by molar-refractivity contribution is 5.64. The smallest absolute Gasteiger partial charge is 0.130 e. The van der Waals surface area contributed by atoms with E-state index in [9.17, 15) is 0 Å². The van der Waals surface area contributed by atoms with Gasteiger partial charge in [0.05, 0.1) is 12.0 Å². The maximum Gasteiger partial charge on any atom is 0.130 e. The number of nitrogens with zero attached hydrogens (tertiary/aromatic N) is 2. The van der Waals surface area contributed by atoms with Crippen LogP contribution in [0.2, 0.25) is 0 Å². The van der Waals surface area contributed by atoms with Crippen molar-refractivity contribution in [2.75, 3.05) is 13.6 Å². The quantitative estimate of drug-likeness (QED) is 0.525. The van der Waals surface area contributed by atoms with Crippen molar-refractivity contribution in [3.63, 3.8) is 0 Å². The van der Waals surface area contributed by atoms with Gasteiger partial charge in [0.1, 0.15) is 11.5 Å². The van der Waals surface area contributed by atoms with Crippen molar-refractivity contribution in [1.82, 2.24) is 4.90 Å². The Morgan fingerprint density at radius 1 is 1.04 bits per heavy atom. The lowest BCUT2D eigenvalue weighted by molar-refractivity contribution is 0.476. The Morgan fingerprint density at radius 3 is 2.56 bits per heavy atom. The first-order valence-electron chi connectivity index (χ1n) is 9.22. The average Bonchev–Trinajstić information content (AvgIpc) is 2.63. The molecule has 0 atom stereocenters. The van der Waals surface area contributed by atoms with Gasteiger partial charge in [0.2, 0.25) is 0 Å². The van der Waals surface area contributed by atoms with Gasteiger partial charge in [-0.1, -0.05) is 6.07 Å². The van der Waals surface area contributed by atoms with Gasteiger partial charge in [-0.05, 0) is 93.0 Å². The van der Waals surface area contributed by atoms with Crippen LogP contribution in [-0.4, -0.2) is 24.8 Å². The second-order valence-electron chi connectivity index (χ2n) is 6.96. The summed E-state index contributed by atoms with van der Waals surface area (Å²) in [5.41, 5.74) is 6.16. The molecular weight excluding hydrogens is 308 g/mol. The van der Waals surface area contributed by atoms with Crippen molar-refractivity contribution in [3.8, 4) is 11.5 Å². The molecule has 0 bridgehead atoms. The van der Waals surface area contributed by atoms with Gasteiger partial charge in [0.15, 0.2) is 0 Å². The Balaban J connectivity index is 1.81. The zero-order valence-electron chi connectivity index (χ0n) is 15.8. The summed E-state index contributed by atoms with van der Waals surface area (Å²) in [6.45, 7) is 7.22. The molecule has 0 N–H and O–H groups in total. The van der Waals surface area contributed by atoms with Gasteiger partial charge in [-0.15, -0.1) is 0 Å². The first kappa shape index (κ1) is 17.5. The summed E-state index contributed by atoms with van der Waals surface area (Å²) >= 11 is 0. The molecule has 1 aliphatic carbocycles. The molecule has 132 valence electrons. The summed E-state index contributed by atoms with van der Waals surface area (Å²) in [7, 11) is 2.03. The van der Waals surface area contributed by atoms with E-state index in [2.05, 4.69) is 61.0 Å². The minimum absolute atomic E-state index is 0.913. The van der Waals surface area contributed by atoms with Crippen LogP contribution in [0, 0.1) is 13.8 Å². The van der Waals surface area contributed by atoms with E-state index in [1.165, 1.54) is 36.8 Å². The van der Waals surface area contributed by atoms with Crippen LogP contribution >= 0.6 is 0 Å². The molecule has 3 heteroatoms. The van der Waals surface area contributed by atoms with Crippen LogP contribution < -0.4 is 4.74 Å². The second kappa shape index (κ2) is 7.73. The van der Waals surface area contributed by atoms with Crippen molar-refractivity contribution in [3.05, 3.63) is 52.6 Å². The van der Waals surface area contributed by atoms with E-state index in [4.69, 9.17) is 4.74 Å². The molecule has 0 aliphatic heterocycles. The Labute approximate surface area is 151 Å². The van der Waals surface area contributed by atoms with E-state index in [-0.39, 0.29) is 0 Å². The Kier molecular flexibility index (Phi) is 5.42. The molecule has 0 heterocycles. The predicted molar refractivity (Wildman–Crippen MR) is 106 cm³/mol. The highest BCUT2D eigenvalue weighted by Crippen LogP contribution is 2.33. The largest absolute Gasteiger partial charge is 0.457 e. The summed E-state index contributed by atoms with van der Waals surface area (Å²) in [6, 6.07) is 10.7.